The lowest BCUT2D eigenvalue weighted by Crippen LogP contribution is -2.03. The molecule has 0 saturated carbocycles. The Morgan fingerprint density at radius 3 is 2.75 bits per heavy atom. The molecule has 0 bridgehead atoms. The standard InChI is InChI=1S/C8H10NP.C2H6/c9-8-2-1-6-4-10-5-7(6)3-8;1-2/h3-5,10H,1-2,9H2;1-2H3. The van der Waals surface area contributed by atoms with Crippen LogP contribution >= 0.6 is 8.19 Å². The molecule has 1 atom stereocenters. The number of allylic oxidation sites excluding steroid dienone is 1. The molecule has 1 heterocycles. The highest BCUT2D eigenvalue weighted by atomic mass is 31.0. The topological polar surface area (TPSA) is 26.0 Å². The zero-order valence-corrected chi connectivity index (χ0v) is 8.72. The van der Waals surface area contributed by atoms with E-state index in [1.54, 1.807) is 0 Å². The predicted molar refractivity (Wildman–Crippen MR) is 57.8 cm³/mol. The maximum absolute atomic E-state index is 5.69. The molecule has 1 aliphatic carbocycles. The largest absolute Gasteiger partial charge is 0.402 e. The molecule has 1 nitrogen and oxygen atoms in total. The first-order valence-electron chi connectivity index (χ1n) is 4.48. The number of aryl methyl sites for hydroxylation is 1. The second kappa shape index (κ2) is 4.37. The van der Waals surface area contributed by atoms with Crippen molar-refractivity contribution in [1.82, 2.24) is 0 Å². The molecule has 0 saturated heterocycles. The molecule has 2 heteroatoms. The number of hydrogen-bond donors (Lipinski definition) is 1. The van der Waals surface area contributed by atoms with E-state index in [1.807, 2.05) is 13.8 Å². The lowest BCUT2D eigenvalue weighted by molar-refractivity contribution is 0.920. The first kappa shape index (κ1) is 9.41. The molecule has 0 spiro atoms. The van der Waals surface area contributed by atoms with Gasteiger partial charge in [-0.3, -0.25) is 0 Å². The summed E-state index contributed by atoms with van der Waals surface area (Å²) in [6, 6.07) is 0. The van der Waals surface area contributed by atoms with Crippen LogP contribution in [0.25, 0.3) is 6.08 Å². The smallest absolute Gasteiger partial charge is 0.00900 e. The summed E-state index contributed by atoms with van der Waals surface area (Å²) >= 11 is 0. The second-order valence-corrected chi connectivity index (χ2v) is 3.57. The summed E-state index contributed by atoms with van der Waals surface area (Å²) in [4.78, 5) is 0. The molecule has 1 aromatic heterocycles. The second-order valence-electron chi connectivity index (χ2n) is 2.66. The lowest BCUT2D eigenvalue weighted by atomic mass is 10.0. The Morgan fingerprint density at radius 1 is 1.25 bits per heavy atom. The highest BCUT2D eigenvalue weighted by molar-refractivity contribution is 7.28. The highest BCUT2D eigenvalue weighted by Crippen LogP contribution is 2.26. The van der Waals surface area contributed by atoms with Gasteiger partial charge < -0.3 is 5.73 Å². The number of hydrogen-bond acceptors (Lipinski definition) is 1. The van der Waals surface area contributed by atoms with Crippen molar-refractivity contribution < 1.29 is 0 Å². The molecule has 0 aromatic carbocycles. The number of fused-ring (bicyclic) bond motifs is 1. The molecule has 1 unspecified atom stereocenters. The Hall–Kier alpha value is -0.680. The van der Waals surface area contributed by atoms with E-state index in [0.717, 1.165) is 26.7 Å². The van der Waals surface area contributed by atoms with Gasteiger partial charge in [0.15, 0.2) is 0 Å². The van der Waals surface area contributed by atoms with Crippen LogP contribution in [0.5, 0.6) is 0 Å². The Balaban J connectivity index is 0.000000336. The summed E-state index contributed by atoms with van der Waals surface area (Å²) in [5, 5.41) is 0. The Labute approximate surface area is 75.8 Å². The molecule has 0 aliphatic heterocycles. The first-order valence-corrected chi connectivity index (χ1v) is 5.63. The van der Waals surface area contributed by atoms with Crippen molar-refractivity contribution in [2.75, 3.05) is 0 Å². The average molecular weight is 181 g/mol. The van der Waals surface area contributed by atoms with Crippen LogP contribution in [0.2, 0.25) is 0 Å². The van der Waals surface area contributed by atoms with Crippen LogP contribution in [0.3, 0.4) is 0 Å². The minimum absolute atomic E-state index is 0.888. The predicted octanol–water partition coefficient (Wildman–Crippen LogP) is 2.99. The SMILES string of the molecule is CC.NC1=Cc2c[pH]cc2CC1. The van der Waals surface area contributed by atoms with E-state index in [4.69, 9.17) is 5.73 Å². The van der Waals surface area contributed by atoms with Gasteiger partial charge in [-0.1, -0.05) is 13.8 Å². The average Bonchev–Trinajstić information content (AvgIpc) is 2.54. The van der Waals surface area contributed by atoms with Gasteiger partial charge in [0, 0.05) is 5.70 Å². The minimum atomic E-state index is 0.888. The van der Waals surface area contributed by atoms with E-state index in [2.05, 4.69) is 17.7 Å². The van der Waals surface area contributed by atoms with E-state index >= 15 is 0 Å². The van der Waals surface area contributed by atoms with Gasteiger partial charge in [-0.05, 0) is 41.6 Å². The Morgan fingerprint density at radius 2 is 2.00 bits per heavy atom. The molecule has 0 radical (unpaired) electrons. The van der Waals surface area contributed by atoms with Gasteiger partial charge in [-0.25, -0.2) is 0 Å². The molecule has 1 aliphatic rings. The minimum Gasteiger partial charge on any atom is -0.402 e. The molecule has 2 N–H and O–H groups in total. The van der Waals surface area contributed by atoms with Gasteiger partial charge in [-0.15, -0.1) is 8.19 Å². The normalized spacial score (nSPS) is 14.7. The Bertz CT molecular complexity index is 273. The molecule has 2 rings (SSSR count). The summed E-state index contributed by atoms with van der Waals surface area (Å²) in [6.07, 6.45) is 4.31. The molecule has 1 aromatic rings. The molecule has 12 heavy (non-hydrogen) atoms. The van der Waals surface area contributed by atoms with Crippen LogP contribution in [0.1, 0.15) is 31.4 Å². The third-order valence-corrected chi connectivity index (χ3v) is 2.88. The van der Waals surface area contributed by atoms with E-state index in [-0.39, 0.29) is 0 Å². The van der Waals surface area contributed by atoms with Crippen LogP contribution in [0, 0.1) is 0 Å². The fourth-order valence-corrected chi connectivity index (χ4v) is 2.35. The van der Waals surface area contributed by atoms with Gasteiger partial charge in [-0.2, -0.15) is 0 Å². The number of rotatable bonds is 0. The van der Waals surface area contributed by atoms with Gasteiger partial charge in [0.05, 0.1) is 0 Å². The molecule has 66 valence electrons. The maximum Gasteiger partial charge on any atom is 0.00900 e. The summed E-state index contributed by atoms with van der Waals surface area (Å²) in [5.74, 6) is 4.58. The zero-order valence-electron chi connectivity index (χ0n) is 7.72. The summed E-state index contributed by atoms with van der Waals surface area (Å²) in [5.41, 5.74) is 9.61. The first-order chi connectivity index (χ1) is 5.86. The lowest BCUT2D eigenvalue weighted by Gasteiger charge is -2.08. The number of nitrogens with two attached hydrogens (primary N) is 1. The summed E-state index contributed by atoms with van der Waals surface area (Å²) in [6.45, 7) is 4.00. The van der Waals surface area contributed by atoms with Crippen molar-refractivity contribution in [2.24, 2.45) is 5.73 Å². The third-order valence-electron chi connectivity index (χ3n) is 1.89. The fourth-order valence-electron chi connectivity index (χ4n) is 1.31. The van der Waals surface area contributed by atoms with Crippen LogP contribution in [0.15, 0.2) is 17.3 Å². The van der Waals surface area contributed by atoms with E-state index in [0.29, 0.717) is 0 Å². The summed E-state index contributed by atoms with van der Waals surface area (Å²) < 4.78 is 0. The molecular formula is C10H16NP. The van der Waals surface area contributed by atoms with Crippen molar-refractivity contribution in [1.29, 1.82) is 0 Å². The zero-order chi connectivity index (χ0) is 8.97. The fraction of sp³-hybridized carbons (Fsp3) is 0.400. The highest BCUT2D eigenvalue weighted by Gasteiger charge is 2.06. The van der Waals surface area contributed by atoms with E-state index in [9.17, 15) is 0 Å². The van der Waals surface area contributed by atoms with Crippen molar-refractivity contribution >= 4 is 14.3 Å². The van der Waals surface area contributed by atoms with Gasteiger partial charge in [0.25, 0.3) is 0 Å². The van der Waals surface area contributed by atoms with Crippen LogP contribution < -0.4 is 5.73 Å². The van der Waals surface area contributed by atoms with Crippen LogP contribution in [0.4, 0.5) is 0 Å². The van der Waals surface area contributed by atoms with Crippen molar-refractivity contribution in [2.45, 2.75) is 26.7 Å². The molecular weight excluding hydrogens is 165 g/mol. The van der Waals surface area contributed by atoms with Gasteiger partial charge in [0.2, 0.25) is 0 Å². The summed E-state index contributed by atoms with van der Waals surface area (Å²) in [7, 11) is 0.888. The van der Waals surface area contributed by atoms with Crippen LogP contribution in [-0.4, -0.2) is 0 Å². The molecule has 0 fully saturated rings. The maximum atomic E-state index is 5.69. The van der Waals surface area contributed by atoms with E-state index in [1.165, 1.54) is 11.1 Å². The van der Waals surface area contributed by atoms with Crippen molar-refractivity contribution in [3.8, 4) is 0 Å². The van der Waals surface area contributed by atoms with Crippen molar-refractivity contribution in [3.63, 3.8) is 0 Å². The van der Waals surface area contributed by atoms with Crippen molar-refractivity contribution in [3.05, 3.63) is 28.4 Å². The Kier molecular flexibility index (Phi) is 3.43. The van der Waals surface area contributed by atoms with Crippen LogP contribution in [-0.2, 0) is 6.42 Å². The monoisotopic (exact) mass is 181 g/mol. The molecule has 0 amide bonds. The van der Waals surface area contributed by atoms with E-state index < -0.39 is 0 Å². The quantitative estimate of drug-likeness (QED) is 0.654. The third kappa shape index (κ3) is 1.92. The van der Waals surface area contributed by atoms with Gasteiger partial charge >= 0.3 is 0 Å². The van der Waals surface area contributed by atoms with Gasteiger partial charge in [0.1, 0.15) is 0 Å².